The Morgan fingerprint density at radius 3 is 2.48 bits per heavy atom. The fraction of sp³-hybridized carbons (Fsp3) is 0.353. The summed E-state index contributed by atoms with van der Waals surface area (Å²) in [6.45, 7) is 1.42. The van der Waals surface area contributed by atoms with Crippen LogP contribution in [0.1, 0.15) is 12.5 Å². The maximum absolute atomic E-state index is 12.9. The summed E-state index contributed by atoms with van der Waals surface area (Å²) in [6.07, 6.45) is 3.46. The van der Waals surface area contributed by atoms with Gasteiger partial charge in [-0.2, -0.15) is 5.26 Å². The van der Waals surface area contributed by atoms with Gasteiger partial charge in [-0.3, -0.25) is 9.59 Å². The van der Waals surface area contributed by atoms with E-state index in [4.69, 9.17) is 10.00 Å². The molecule has 1 aromatic rings. The predicted octanol–water partition coefficient (Wildman–Crippen LogP) is 0.754. The quantitative estimate of drug-likeness (QED) is 0.643. The summed E-state index contributed by atoms with van der Waals surface area (Å²) in [5.41, 5.74) is -1.10. The number of nitrogens with zero attached hydrogens (tertiary/aromatic N) is 2. The highest BCUT2D eigenvalue weighted by Crippen LogP contribution is 2.57. The number of imide groups is 1. The molecule has 0 radical (unpaired) electrons. The molecule has 3 aliphatic rings. The van der Waals surface area contributed by atoms with Gasteiger partial charge < -0.3 is 9.84 Å². The van der Waals surface area contributed by atoms with E-state index in [0.29, 0.717) is 11.3 Å². The molecular formula is C17H14N2O4. The van der Waals surface area contributed by atoms with Crippen molar-refractivity contribution in [3.63, 3.8) is 0 Å². The summed E-state index contributed by atoms with van der Waals surface area (Å²) < 4.78 is 5.85. The van der Waals surface area contributed by atoms with Crippen molar-refractivity contribution in [1.82, 2.24) is 0 Å². The van der Waals surface area contributed by atoms with Gasteiger partial charge in [-0.05, 0) is 31.2 Å². The highest BCUT2D eigenvalue weighted by Gasteiger charge is 2.72. The van der Waals surface area contributed by atoms with Crippen LogP contribution in [0, 0.1) is 23.2 Å². The minimum Gasteiger partial charge on any atom is -0.393 e. The van der Waals surface area contributed by atoms with Gasteiger partial charge in [0.2, 0.25) is 11.8 Å². The van der Waals surface area contributed by atoms with Crippen molar-refractivity contribution in [2.75, 3.05) is 11.5 Å². The van der Waals surface area contributed by atoms with E-state index in [9.17, 15) is 14.7 Å². The molecule has 3 aliphatic heterocycles. The van der Waals surface area contributed by atoms with Gasteiger partial charge in [0.1, 0.15) is 5.60 Å². The molecule has 4 unspecified atom stereocenters. The fourth-order valence-corrected chi connectivity index (χ4v) is 3.98. The smallest absolute Gasteiger partial charge is 0.241 e. The molecule has 2 saturated heterocycles. The van der Waals surface area contributed by atoms with Crippen molar-refractivity contribution in [2.24, 2.45) is 11.8 Å². The molecule has 4 rings (SSSR count). The maximum Gasteiger partial charge on any atom is 0.241 e. The zero-order valence-electron chi connectivity index (χ0n) is 12.4. The zero-order chi connectivity index (χ0) is 16.4. The Bertz CT molecular complexity index is 794. The molecular weight excluding hydrogens is 296 g/mol. The van der Waals surface area contributed by atoms with E-state index in [0.717, 1.165) is 4.90 Å². The normalized spacial score (nSPS) is 37.3. The van der Waals surface area contributed by atoms with Crippen molar-refractivity contribution < 1.29 is 19.4 Å². The third-order valence-electron chi connectivity index (χ3n) is 5.06. The number of anilines is 1. The summed E-state index contributed by atoms with van der Waals surface area (Å²) in [6, 6.07) is 8.30. The number of benzene rings is 1. The van der Waals surface area contributed by atoms with E-state index in [2.05, 4.69) is 0 Å². The van der Waals surface area contributed by atoms with Crippen LogP contribution in [0.15, 0.2) is 36.4 Å². The number of fused-ring (bicyclic) bond motifs is 5. The van der Waals surface area contributed by atoms with Crippen LogP contribution in [0.4, 0.5) is 5.69 Å². The van der Waals surface area contributed by atoms with Gasteiger partial charge >= 0.3 is 0 Å². The zero-order valence-corrected chi connectivity index (χ0v) is 12.4. The number of ether oxygens (including phenoxy) is 1. The Morgan fingerprint density at radius 1 is 1.22 bits per heavy atom. The number of rotatable bonds is 2. The second-order valence-electron chi connectivity index (χ2n) is 6.36. The summed E-state index contributed by atoms with van der Waals surface area (Å²) in [5, 5.41) is 18.6. The summed E-state index contributed by atoms with van der Waals surface area (Å²) in [4.78, 5) is 26.9. The summed E-state index contributed by atoms with van der Waals surface area (Å²) in [5.74, 6) is -2.05. The average molecular weight is 310 g/mol. The first-order valence-electron chi connectivity index (χ1n) is 7.35. The van der Waals surface area contributed by atoms with Crippen molar-refractivity contribution in [1.29, 1.82) is 5.26 Å². The number of nitriles is 1. The van der Waals surface area contributed by atoms with E-state index in [1.807, 2.05) is 6.07 Å². The molecule has 4 atom stereocenters. The first-order chi connectivity index (χ1) is 11.0. The average Bonchev–Trinajstić information content (AvgIpc) is 3.14. The fourth-order valence-electron chi connectivity index (χ4n) is 3.98. The van der Waals surface area contributed by atoms with Gasteiger partial charge in [0.15, 0.2) is 0 Å². The minimum atomic E-state index is -1.12. The van der Waals surface area contributed by atoms with E-state index in [-0.39, 0.29) is 18.4 Å². The highest BCUT2D eigenvalue weighted by atomic mass is 16.5. The van der Waals surface area contributed by atoms with Crippen LogP contribution in [0.2, 0.25) is 0 Å². The van der Waals surface area contributed by atoms with Crippen molar-refractivity contribution in [3.05, 3.63) is 42.0 Å². The molecule has 0 aromatic heterocycles. The SMILES string of the molecule is CC12C=CC(CO)(O1)C1C(=O)N(c3ccc(C#N)cc3)C(=O)C12. The Kier molecular flexibility index (Phi) is 2.63. The highest BCUT2D eigenvalue weighted by molar-refractivity contribution is 6.23. The topological polar surface area (TPSA) is 90.6 Å². The lowest BCUT2D eigenvalue weighted by molar-refractivity contribution is -0.131. The number of carbonyl (C=O) groups is 2. The first-order valence-corrected chi connectivity index (χ1v) is 7.35. The molecule has 23 heavy (non-hydrogen) atoms. The largest absolute Gasteiger partial charge is 0.393 e. The molecule has 0 saturated carbocycles. The lowest BCUT2D eigenvalue weighted by Crippen LogP contribution is -2.43. The Labute approximate surface area is 132 Å². The molecule has 1 aromatic carbocycles. The molecule has 0 aliphatic carbocycles. The van der Waals surface area contributed by atoms with Gasteiger partial charge in [0.05, 0.1) is 41.4 Å². The van der Waals surface area contributed by atoms with E-state index in [1.54, 1.807) is 43.3 Å². The molecule has 6 heteroatoms. The standard InChI is InChI=1S/C17H14N2O4/c1-16-6-7-17(9-20,23-16)13-12(16)14(21)19(15(13)22)11-4-2-10(8-18)3-5-11/h2-7,12-13,20H,9H2,1H3. The van der Waals surface area contributed by atoms with Crippen molar-refractivity contribution >= 4 is 17.5 Å². The minimum absolute atomic E-state index is 0.327. The molecule has 2 amide bonds. The van der Waals surface area contributed by atoms with Crippen LogP contribution in [0.25, 0.3) is 0 Å². The number of hydrogen-bond donors (Lipinski definition) is 1. The Morgan fingerprint density at radius 2 is 1.87 bits per heavy atom. The predicted molar refractivity (Wildman–Crippen MR) is 79.1 cm³/mol. The van der Waals surface area contributed by atoms with Crippen LogP contribution in [0.3, 0.4) is 0 Å². The van der Waals surface area contributed by atoms with Gasteiger partial charge in [0, 0.05) is 0 Å². The third-order valence-corrected chi connectivity index (χ3v) is 5.06. The van der Waals surface area contributed by atoms with E-state index >= 15 is 0 Å². The monoisotopic (exact) mass is 310 g/mol. The van der Waals surface area contributed by atoms with E-state index in [1.165, 1.54) is 0 Å². The second-order valence-corrected chi connectivity index (χ2v) is 6.36. The third kappa shape index (κ3) is 1.58. The molecule has 116 valence electrons. The second kappa shape index (κ2) is 4.28. The number of aliphatic hydroxyl groups is 1. The summed E-state index contributed by atoms with van der Waals surface area (Å²) >= 11 is 0. The molecule has 2 fully saturated rings. The van der Waals surface area contributed by atoms with Gasteiger partial charge in [-0.25, -0.2) is 4.90 Å². The number of aliphatic hydroxyl groups excluding tert-OH is 1. The number of amides is 2. The molecule has 1 N–H and O–H groups in total. The van der Waals surface area contributed by atoms with Crippen LogP contribution in [-0.4, -0.2) is 34.7 Å². The van der Waals surface area contributed by atoms with Crippen LogP contribution >= 0.6 is 0 Å². The molecule has 2 bridgehead atoms. The van der Waals surface area contributed by atoms with Gasteiger partial charge in [-0.15, -0.1) is 0 Å². The first kappa shape index (κ1) is 14.1. The molecule has 6 nitrogen and oxygen atoms in total. The van der Waals surface area contributed by atoms with Crippen LogP contribution in [-0.2, 0) is 14.3 Å². The van der Waals surface area contributed by atoms with E-state index < -0.39 is 23.0 Å². The van der Waals surface area contributed by atoms with Gasteiger partial charge in [0.25, 0.3) is 0 Å². The Balaban J connectivity index is 1.78. The van der Waals surface area contributed by atoms with Crippen molar-refractivity contribution in [3.8, 4) is 6.07 Å². The Hall–Kier alpha value is -2.49. The van der Waals surface area contributed by atoms with Gasteiger partial charge in [-0.1, -0.05) is 12.2 Å². The summed E-state index contributed by atoms with van der Waals surface area (Å²) in [7, 11) is 0. The lowest BCUT2D eigenvalue weighted by Gasteiger charge is -2.26. The van der Waals surface area contributed by atoms with Crippen LogP contribution in [0.5, 0.6) is 0 Å². The van der Waals surface area contributed by atoms with Crippen molar-refractivity contribution in [2.45, 2.75) is 18.1 Å². The molecule has 0 spiro atoms. The van der Waals surface area contributed by atoms with Crippen LogP contribution < -0.4 is 4.90 Å². The maximum atomic E-state index is 12.9. The lowest BCUT2D eigenvalue weighted by atomic mass is 9.73. The number of carbonyl (C=O) groups excluding carboxylic acids is 2. The number of hydrogen-bond acceptors (Lipinski definition) is 5. The molecule has 3 heterocycles.